The van der Waals surface area contributed by atoms with E-state index in [2.05, 4.69) is 10.2 Å². The van der Waals surface area contributed by atoms with E-state index in [1.165, 1.54) is 32.1 Å². The average Bonchev–Trinajstić information content (AvgIpc) is 3.33. The molecule has 3 rings (SSSR count). The predicted molar refractivity (Wildman–Crippen MR) is 85.5 cm³/mol. The maximum absolute atomic E-state index is 12.6. The minimum Gasteiger partial charge on any atom is -0.338 e. The van der Waals surface area contributed by atoms with E-state index >= 15 is 0 Å². The van der Waals surface area contributed by atoms with Crippen LogP contribution in [-0.2, 0) is 11.2 Å². The van der Waals surface area contributed by atoms with Gasteiger partial charge in [0.2, 0.25) is 5.91 Å². The second-order valence-electron chi connectivity index (χ2n) is 6.23. The van der Waals surface area contributed by atoms with Crippen LogP contribution in [0.5, 0.6) is 0 Å². The molecule has 0 spiro atoms. The van der Waals surface area contributed by atoms with Crippen LogP contribution in [0.3, 0.4) is 0 Å². The molecular formula is C17H23ClN2O. The Bertz CT molecular complexity index is 478. The second-order valence-corrected chi connectivity index (χ2v) is 6.66. The van der Waals surface area contributed by atoms with Crippen LogP contribution < -0.4 is 5.32 Å². The molecule has 1 unspecified atom stereocenters. The lowest BCUT2D eigenvalue weighted by Gasteiger charge is -2.31. The molecule has 0 radical (unpaired) electrons. The molecule has 114 valence electrons. The Morgan fingerprint density at radius 3 is 2.57 bits per heavy atom. The minimum atomic E-state index is 0.257. The smallest absolute Gasteiger partial charge is 0.227 e. The summed E-state index contributed by atoms with van der Waals surface area (Å²) in [5, 5.41) is 4.27. The maximum atomic E-state index is 12.6. The van der Waals surface area contributed by atoms with Crippen LogP contribution in [0.1, 0.15) is 37.7 Å². The Morgan fingerprint density at radius 1 is 1.19 bits per heavy atom. The van der Waals surface area contributed by atoms with Crippen molar-refractivity contribution in [3.8, 4) is 0 Å². The third-order valence-corrected chi connectivity index (χ3v) is 4.66. The maximum Gasteiger partial charge on any atom is 0.227 e. The topological polar surface area (TPSA) is 32.3 Å². The SMILES string of the molecule is O=C(Cc1ccc(Cl)cc1)N(CC1CCCCN1)C1CC1. The summed E-state index contributed by atoms with van der Waals surface area (Å²) >= 11 is 5.90. The van der Waals surface area contributed by atoms with Crippen LogP contribution in [-0.4, -0.2) is 36.0 Å². The van der Waals surface area contributed by atoms with E-state index in [1.807, 2.05) is 24.3 Å². The van der Waals surface area contributed by atoms with Gasteiger partial charge in [-0.1, -0.05) is 30.2 Å². The first-order chi connectivity index (χ1) is 10.2. The number of hydrogen-bond donors (Lipinski definition) is 1. The Balaban J connectivity index is 1.60. The molecule has 1 saturated carbocycles. The largest absolute Gasteiger partial charge is 0.338 e. The van der Waals surface area contributed by atoms with E-state index in [4.69, 9.17) is 11.6 Å². The lowest BCUT2D eigenvalue weighted by Crippen LogP contribution is -2.47. The molecule has 3 nitrogen and oxygen atoms in total. The second kappa shape index (κ2) is 6.80. The fourth-order valence-electron chi connectivity index (χ4n) is 3.04. The normalized spacial score (nSPS) is 22.0. The molecule has 2 aliphatic rings. The summed E-state index contributed by atoms with van der Waals surface area (Å²) in [5.74, 6) is 0.257. The van der Waals surface area contributed by atoms with E-state index in [0.717, 1.165) is 23.7 Å². The predicted octanol–water partition coefficient (Wildman–Crippen LogP) is 3.02. The lowest BCUT2D eigenvalue weighted by atomic mass is 10.0. The van der Waals surface area contributed by atoms with Crippen LogP contribution in [0.2, 0.25) is 5.02 Å². The Labute approximate surface area is 131 Å². The number of carbonyl (C=O) groups excluding carboxylic acids is 1. The van der Waals surface area contributed by atoms with E-state index in [-0.39, 0.29) is 5.91 Å². The number of nitrogens with one attached hydrogen (secondary N) is 1. The molecule has 1 aliphatic carbocycles. The highest BCUT2D eigenvalue weighted by Gasteiger charge is 2.34. The van der Waals surface area contributed by atoms with Gasteiger partial charge in [0.05, 0.1) is 6.42 Å². The van der Waals surface area contributed by atoms with Crippen molar-refractivity contribution in [2.24, 2.45) is 0 Å². The van der Waals surface area contributed by atoms with Crippen molar-refractivity contribution in [1.29, 1.82) is 0 Å². The standard InChI is InChI=1S/C17H23ClN2O/c18-14-6-4-13(5-7-14)11-17(21)20(16-8-9-16)12-15-3-1-2-10-19-15/h4-7,15-16,19H,1-3,8-12H2. The van der Waals surface area contributed by atoms with E-state index in [0.29, 0.717) is 18.5 Å². The molecule has 2 fully saturated rings. The monoisotopic (exact) mass is 306 g/mol. The van der Waals surface area contributed by atoms with Crippen LogP contribution in [0.4, 0.5) is 0 Å². The van der Waals surface area contributed by atoms with Crippen molar-refractivity contribution in [2.45, 2.75) is 50.6 Å². The van der Waals surface area contributed by atoms with Gasteiger partial charge in [0, 0.05) is 23.7 Å². The van der Waals surface area contributed by atoms with Gasteiger partial charge in [-0.05, 0) is 49.9 Å². The molecule has 21 heavy (non-hydrogen) atoms. The zero-order valence-electron chi connectivity index (χ0n) is 12.4. The van der Waals surface area contributed by atoms with Gasteiger partial charge in [0.25, 0.3) is 0 Å². The highest BCUT2D eigenvalue weighted by molar-refractivity contribution is 6.30. The van der Waals surface area contributed by atoms with Gasteiger partial charge >= 0.3 is 0 Å². The van der Waals surface area contributed by atoms with Gasteiger partial charge in [0.15, 0.2) is 0 Å². The molecule has 1 aromatic carbocycles. The van der Waals surface area contributed by atoms with Gasteiger partial charge < -0.3 is 10.2 Å². The summed E-state index contributed by atoms with van der Waals surface area (Å²) in [4.78, 5) is 14.7. The quantitative estimate of drug-likeness (QED) is 0.907. The molecule has 1 atom stereocenters. The van der Waals surface area contributed by atoms with Crippen LogP contribution >= 0.6 is 11.6 Å². The van der Waals surface area contributed by atoms with Crippen LogP contribution in [0.15, 0.2) is 24.3 Å². The van der Waals surface area contributed by atoms with E-state index in [1.54, 1.807) is 0 Å². The van der Waals surface area contributed by atoms with E-state index < -0.39 is 0 Å². The third kappa shape index (κ3) is 4.21. The number of nitrogens with zero attached hydrogens (tertiary/aromatic N) is 1. The molecule has 1 heterocycles. The number of carbonyl (C=O) groups is 1. The van der Waals surface area contributed by atoms with Crippen molar-refractivity contribution in [3.63, 3.8) is 0 Å². The molecule has 1 aromatic rings. The fourth-order valence-corrected chi connectivity index (χ4v) is 3.16. The Morgan fingerprint density at radius 2 is 1.95 bits per heavy atom. The summed E-state index contributed by atoms with van der Waals surface area (Å²) in [5.41, 5.74) is 1.05. The van der Waals surface area contributed by atoms with Gasteiger partial charge in [0.1, 0.15) is 0 Å². The molecule has 1 amide bonds. The van der Waals surface area contributed by atoms with Gasteiger partial charge in [-0.2, -0.15) is 0 Å². The number of rotatable bonds is 5. The number of halogens is 1. The average molecular weight is 307 g/mol. The zero-order valence-corrected chi connectivity index (χ0v) is 13.1. The van der Waals surface area contributed by atoms with Gasteiger partial charge in [-0.15, -0.1) is 0 Å². The van der Waals surface area contributed by atoms with Crippen LogP contribution in [0, 0.1) is 0 Å². The summed E-state index contributed by atoms with van der Waals surface area (Å²) in [7, 11) is 0. The molecule has 4 heteroatoms. The Hall–Kier alpha value is -1.06. The fraction of sp³-hybridized carbons (Fsp3) is 0.588. The summed E-state index contributed by atoms with van der Waals surface area (Å²) in [6.45, 7) is 1.96. The summed E-state index contributed by atoms with van der Waals surface area (Å²) in [6.07, 6.45) is 6.55. The summed E-state index contributed by atoms with van der Waals surface area (Å²) < 4.78 is 0. The number of piperidine rings is 1. The highest BCUT2D eigenvalue weighted by Crippen LogP contribution is 2.28. The van der Waals surface area contributed by atoms with E-state index in [9.17, 15) is 4.79 Å². The molecular weight excluding hydrogens is 284 g/mol. The van der Waals surface area contributed by atoms with Crippen molar-refractivity contribution in [2.75, 3.05) is 13.1 Å². The molecule has 1 saturated heterocycles. The highest BCUT2D eigenvalue weighted by atomic mass is 35.5. The van der Waals surface area contributed by atoms with Crippen molar-refractivity contribution in [3.05, 3.63) is 34.9 Å². The molecule has 0 bridgehead atoms. The molecule has 1 N–H and O–H groups in total. The zero-order chi connectivity index (χ0) is 14.7. The van der Waals surface area contributed by atoms with Crippen molar-refractivity contribution < 1.29 is 4.79 Å². The van der Waals surface area contributed by atoms with Gasteiger partial charge in [-0.3, -0.25) is 4.79 Å². The third-order valence-electron chi connectivity index (χ3n) is 4.41. The number of hydrogen-bond acceptors (Lipinski definition) is 2. The molecule has 0 aromatic heterocycles. The summed E-state index contributed by atoms with van der Waals surface area (Å²) in [6, 6.07) is 8.57. The molecule has 1 aliphatic heterocycles. The van der Waals surface area contributed by atoms with Crippen molar-refractivity contribution in [1.82, 2.24) is 10.2 Å². The van der Waals surface area contributed by atoms with Crippen LogP contribution in [0.25, 0.3) is 0 Å². The lowest BCUT2D eigenvalue weighted by molar-refractivity contribution is -0.131. The first-order valence-corrected chi connectivity index (χ1v) is 8.37. The number of amides is 1. The van der Waals surface area contributed by atoms with Crippen molar-refractivity contribution >= 4 is 17.5 Å². The minimum absolute atomic E-state index is 0.257. The Kier molecular flexibility index (Phi) is 4.81. The first kappa shape index (κ1) is 14.9. The van der Waals surface area contributed by atoms with Gasteiger partial charge in [-0.25, -0.2) is 0 Å². The first-order valence-electron chi connectivity index (χ1n) is 7.99. The number of benzene rings is 1.